The molecule has 2 bridgehead atoms. The lowest BCUT2D eigenvalue weighted by Crippen LogP contribution is -2.54. The predicted molar refractivity (Wildman–Crippen MR) is 139 cm³/mol. The fourth-order valence-electron chi connectivity index (χ4n) is 6.49. The molecule has 2 aromatic carbocycles. The second-order valence-electron chi connectivity index (χ2n) is 10.5. The number of aliphatic hydroxyl groups excluding tert-OH is 1. The molecule has 0 saturated carbocycles. The molecule has 3 amide bonds. The van der Waals surface area contributed by atoms with Crippen LogP contribution in [-0.4, -0.2) is 58.6 Å². The van der Waals surface area contributed by atoms with Crippen molar-refractivity contribution in [3.8, 4) is 0 Å². The van der Waals surface area contributed by atoms with Crippen molar-refractivity contribution in [1.82, 2.24) is 10.2 Å². The Balaban J connectivity index is 1.58. The van der Waals surface area contributed by atoms with Crippen LogP contribution in [0.15, 0.2) is 48.5 Å². The first-order valence-electron chi connectivity index (χ1n) is 13.1. The van der Waals surface area contributed by atoms with Gasteiger partial charge in [0.1, 0.15) is 11.6 Å². The molecule has 0 aromatic heterocycles. The SMILES string of the molecule is CCCNC(=O)[C@@H]1[C@@H]2CCC3(O2)C(C(=O)Nc2cc(C)ccc2C)N([C@H](CO)c2ccccc2)C(=O)[C@H]13. The smallest absolute Gasteiger partial charge is 0.250 e. The number of hydrogen-bond donors (Lipinski definition) is 3. The van der Waals surface area contributed by atoms with Gasteiger partial charge in [0.15, 0.2) is 0 Å². The third kappa shape index (κ3) is 4.12. The average Bonchev–Trinajstić information content (AvgIpc) is 3.53. The van der Waals surface area contributed by atoms with Gasteiger partial charge in [0.05, 0.1) is 30.6 Å². The minimum absolute atomic E-state index is 0.206. The van der Waals surface area contributed by atoms with Gasteiger partial charge in [0, 0.05) is 12.2 Å². The zero-order chi connectivity index (χ0) is 26.3. The maximum atomic E-state index is 14.2. The summed E-state index contributed by atoms with van der Waals surface area (Å²) in [6.45, 7) is 6.00. The van der Waals surface area contributed by atoms with Crippen LogP contribution >= 0.6 is 0 Å². The third-order valence-electron chi connectivity index (χ3n) is 8.18. The van der Waals surface area contributed by atoms with Crippen LogP contribution in [0.25, 0.3) is 0 Å². The highest BCUT2D eigenvalue weighted by atomic mass is 16.5. The molecule has 3 fully saturated rings. The Morgan fingerprint density at radius 2 is 1.92 bits per heavy atom. The van der Waals surface area contributed by atoms with E-state index in [4.69, 9.17) is 4.74 Å². The van der Waals surface area contributed by atoms with E-state index in [1.54, 1.807) is 0 Å². The lowest BCUT2D eigenvalue weighted by molar-refractivity contribution is -0.144. The van der Waals surface area contributed by atoms with E-state index in [2.05, 4.69) is 10.6 Å². The van der Waals surface area contributed by atoms with Crippen LogP contribution in [-0.2, 0) is 19.1 Å². The van der Waals surface area contributed by atoms with Crippen molar-refractivity contribution >= 4 is 23.4 Å². The van der Waals surface area contributed by atoms with E-state index in [0.717, 1.165) is 23.1 Å². The predicted octanol–water partition coefficient (Wildman–Crippen LogP) is 2.88. The minimum atomic E-state index is -1.13. The van der Waals surface area contributed by atoms with E-state index in [9.17, 15) is 19.5 Å². The second-order valence-corrected chi connectivity index (χ2v) is 10.5. The number of carbonyl (C=O) groups excluding carboxylic acids is 3. The Kier molecular flexibility index (Phi) is 6.81. The van der Waals surface area contributed by atoms with E-state index in [-0.39, 0.29) is 24.3 Å². The van der Waals surface area contributed by atoms with Crippen LogP contribution in [0.4, 0.5) is 5.69 Å². The monoisotopic (exact) mass is 505 g/mol. The molecule has 3 heterocycles. The van der Waals surface area contributed by atoms with Crippen LogP contribution in [0.2, 0.25) is 0 Å². The molecule has 6 atom stereocenters. The highest BCUT2D eigenvalue weighted by molar-refractivity contribution is 6.04. The largest absolute Gasteiger partial charge is 0.394 e. The van der Waals surface area contributed by atoms with Gasteiger partial charge in [-0.05, 0) is 55.9 Å². The Morgan fingerprint density at radius 1 is 1.16 bits per heavy atom. The number of aryl methyl sites for hydroxylation is 2. The summed E-state index contributed by atoms with van der Waals surface area (Å²) >= 11 is 0. The fraction of sp³-hybridized carbons (Fsp3) is 0.483. The number of likely N-dealkylation sites (tertiary alicyclic amines) is 1. The van der Waals surface area contributed by atoms with Crippen molar-refractivity contribution in [2.24, 2.45) is 11.8 Å². The lowest BCUT2D eigenvalue weighted by Gasteiger charge is -2.37. The number of fused-ring (bicyclic) bond motifs is 1. The molecule has 196 valence electrons. The molecule has 37 heavy (non-hydrogen) atoms. The summed E-state index contributed by atoms with van der Waals surface area (Å²) in [6.07, 6.45) is 1.47. The highest BCUT2D eigenvalue weighted by Gasteiger charge is 2.75. The fourth-order valence-corrected chi connectivity index (χ4v) is 6.49. The summed E-state index contributed by atoms with van der Waals surface area (Å²) in [5.41, 5.74) is 2.17. The molecule has 8 heteroatoms. The zero-order valence-electron chi connectivity index (χ0n) is 21.6. The maximum absolute atomic E-state index is 14.2. The quantitative estimate of drug-likeness (QED) is 0.511. The Hall–Kier alpha value is -3.23. The molecule has 1 spiro atoms. The van der Waals surface area contributed by atoms with Crippen LogP contribution in [0.3, 0.4) is 0 Å². The number of rotatable bonds is 8. The van der Waals surface area contributed by atoms with Crippen molar-refractivity contribution in [1.29, 1.82) is 0 Å². The number of benzene rings is 2. The molecule has 8 nitrogen and oxygen atoms in total. The summed E-state index contributed by atoms with van der Waals surface area (Å²) in [5.74, 6) is -2.33. The van der Waals surface area contributed by atoms with Gasteiger partial charge in [0.2, 0.25) is 17.7 Å². The Labute approximate surface area is 217 Å². The molecule has 3 aliphatic rings. The molecule has 0 radical (unpaired) electrons. The van der Waals surface area contributed by atoms with Crippen molar-refractivity contribution in [2.75, 3.05) is 18.5 Å². The number of nitrogens with one attached hydrogen (secondary N) is 2. The standard InChI is InChI=1S/C29H35N3O5/c1-4-14-30-26(34)23-22-12-13-29(37-22)24(23)28(36)32(21(16-33)19-8-6-5-7-9-19)25(29)27(35)31-20-15-17(2)10-11-18(20)3/h5-11,15,21-25,33H,4,12-14,16H2,1-3H3,(H,30,34)(H,31,35)/t21-,22+,23-,24+,25?,29?/m1/s1. The van der Waals surface area contributed by atoms with E-state index < -0.39 is 35.6 Å². The summed E-state index contributed by atoms with van der Waals surface area (Å²) in [7, 11) is 0. The van der Waals surface area contributed by atoms with E-state index >= 15 is 0 Å². The maximum Gasteiger partial charge on any atom is 0.250 e. The van der Waals surface area contributed by atoms with E-state index in [0.29, 0.717) is 25.1 Å². The Bertz CT molecular complexity index is 1200. The highest BCUT2D eigenvalue weighted by Crippen LogP contribution is 2.59. The molecule has 3 saturated heterocycles. The first kappa shape index (κ1) is 25.4. The van der Waals surface area contributed by atoms with Crippen molar-refractivity contribution in [3.05, 3.63) is 65.2 Å². The Morgan fingerprint density at radius 3 is 2.62 bits per heavy atom. The zero-order valence-corrected chi connectivity index (χ0v) is 21.6. The number of nitrogens with zero attached hydrogens (tertiary/aromatic N) is 1. The minimum Gasteiger partial charge on any atom is -0.394 e. The van der Waals surface area contributed by atoms with Crippen LogP contribution in [0, 0.1) is 25.7 Å². The summed E-state index contributed by atoms with van der Waals surface area (Å²) in [6, 6.07) is 13.3. The van der Waals surface area contributed by atoms with Gasteiger partial charge < -0.3 is 25.4 Å². The topological polar surface area (TPSA) is 108 Å². The molecule has 5 rings (SSSR count). The number of aliphatic hydroxyl groups is 1. The number of hydrogen-bond acceptors (Lipinski definition) is 5. The molecule has 3 aliphatic heterocycles. The summed E-state index contributed by atoms with van der Waals surface area (Å²) < 4.78 is 6.49. The van der Waals surface area contributed by atoms with Gasteiger partial charge in [-0.2, -0.15) is 0 Å². The number of amides is 3. The van der Waals surface area contributed by atoms with E-state index in [1.165, 1.54) is 4.90 Å². The van der Waals surface area contributed by atoms with E-state index in [1.807, 2.05) is 69.3 Å². The third-order valence-corrected chi connectivity index (χ3v) is 8.18. The van der Waals surface area contributed by atoms with Gasteiger partial charge >= 0.3 is 0 Å². The molecule has 2 aromatic rings. The van der Waals surface area contributed by atoms with Gasteiger partial charge in [-0.1, -0.05) is 49.4 Å². The molecule has 2 unspecified atom stereocenters. The first-order valence-corrected chi connectivity index (χ1v) is 13.1. The second kappa shape index (κ2) is 9.91. The number of anilines is 1. The summed E-state index contributed by atoms with van der Waals surface area (Å²) in [5, 5.41) is 16.5. The molecule has 3 N–H and O–H groups in total. The van der Waals surface area contributed by atoms with Crippen molar-refractivity contribution in [3.63, 3.8) is 0 Å². The van der Waals surface area contributed by atoms with Crippen LogP contribution in [0.1, 0.15) is 48.9 Å². The normalized spacial score (nSPS) is 28.8. The molecule has 0 aliphatic carbocycles. The van der Waals surface area contributed by atoms with Crippen LogP contribution in [0.5, 0.6) is 0 Å². The lowest BCUT2D eigenvalue weighted by atomic mass is 9.70. The average molecular weight is 506 g/mol. The van der Waals surface area contributed by atoms with Gasteiger partial charge in [-0.15, -0.1) is 0 Å². The van der Waals surface area contributed by atoms with Crippen molar-refractivity contribution in [2.45, 2.75) is 63.8 Å². The number of carbonyl (C=O) groups is 3. The first-order chi connectivity index (χ1) is 17.8. The summed E-state index contributed by atoms with van der Waals surface area (Å²) in [4.78, 5) is 43.0. The van der Waals surface area contributed by atoms with Gasteiger partial charge in [0.25, 0.3) is 0 Å². The molecular formula is C29H35N3O5. The van der Waals surface area contributed by atoms with Gasteiger partial charge in [-0.25, -0.2) is 0 Å². The van der Waals surface area contributed by atoms with Crippen molar-refractivity contribution < 1.29 is 24.2 Å². The number of ether oxygens (including phenoxy) is 1. The molecular weight excluding hydrogens is 470 g/mol. The van der Waals surface area contributed by atoms with Crippen LogP contribution < -0.4 is 10.6 Å². The van der Waals surface area contributed by atoms with Gasteiger partial charge in [-0.3, -0.25) is 14.4 Å².